The van der Waals surface area contributed by atoms with E-state index in [9.17, 15) is 0 Å². The number of hydrazine groups is 1. The number of nitrogen functional groups attached to an aromatic ring is 2. The molecule has 66 valence electrons. The fourth-order valence-electron chi connectivity index (χ4n) is 0.817. The van der Waals surface area contributed by atoms with Gasteiger partial charge in [-0.25, -0.2) is 15.8 Å². The van der Waals surface area contributed by atoms with Crippen LogP contribution in [0.5, 0.6) is 0 Å². The van der Waals surface area contributed by atoms with E-state index in [2.05, 4.69) is 15.4 Å². The second-order valence-electron chi connectivity index (χ2n) is 2.84. The van der Waals surface area contributed by atoms with Crippen molar-refractivity contribution < 1.29 is 0 Å². The van der Waals surface area contributed by atoms with Crippen molar-refractivity contribution in [2.45, 2.75) is 19.8 Å². The molecule has 1 heterocycles. The van der Waals surface area contributed by atoms with E-state index in [1.165, 1.54) is 0 Å². The van der Waals surface area contributed by atoms with Crippen molar-refractivity contribution in [1.29, 1.82) is 0 Å². The summed E-state index contributed by atoms with van der Waals surface area (Å²) in [6.45, 7) is 3.99. The molecule has 0 aromatic carbocycles. The second kappa shape index (κ2) is 3.36. The molecule has 0 aliphatic carbocycles. The zero-order chi connectivity index (χ0) is 9.14. The van der Waals surface area contributed by atoms with E-state index in [1.807, 2.05) is 13.8 Å². The van der Waals surface area contributed by atoms with E-state index >= 15 is 0 Å². The topological polar surface area (TPSA) is 89.8 Å². The Labute approximate surface area is 71.2 Å². The Morgan fingerprint density at radius 1 is 1.42 bits per heavy atom. The highest BCUT2D eigenvalue weighted by Crippen LogP contribution is 2.13. The summed E-state index contributed by atoms with van der Waals surface area (Å²) in [5.41, 5.74) is 7.96. The first-order valence-electron chi connectivity index (χ1n) is 3.74. The van der Waals surface area contributed by atoms with Crippen LogP contribution in [0.1, 0.15) is 25.6 Å². The van der Waals surface area contributed by atoms with Gasteiger partial charge in [-0.1, -0.05) is 13.8 Å². The van der Waals surface area contributed by atoms with Gasteiger partial charge in [0, 0.05) is 12.0 Å². The van der Waals surface area contributed by atoms with Gasteiger partial charge in [0.05, 0.1) is 0 Å². The molecule has 5 nitrogen and oxygen atoms in total. The van der Waals surface area contributed by atoms with Gasteiger partial charge in [-0.05, 0) is 0 Å². The van der Waals surface area contributed by atoms with Crippen LogP contribution in [-0.2, 0) is 0 Å². The molecule has 0 saturated heterocycles. The molecular formula is C7H13N5. The van der Waals surface area contributed by atoms with Crippen LogP contribution in [0.15, 0.2) is 6.07 Å². The summed E-state index contributed by atoms with van der Waals surface area (Å²) in [6.07, 6.45) is 0. The fourth-order valence-corrected chi connectivity index (χ4v) is 0.817. The number of nitrogens with zero attached hydrogens (tertiary/aromatic N) is 2. The molecule has 5 N–H and O–H groups in total. The largest absolute Gasteiger partial charge is 0.384 e. The summed E-state index contributed by atoms with van der Waals surface area (Å²) < 4.78 is 0. The van der Waals surface area contributed by atoms with Gasteiger partial charge in [0.15, 0.2) is 0 Å². The predicted octanol–water partition coefficient (Wildman–Crippen LogP) is 0.468. The van der Waals surface area contributed by atoms with Gasteiger partial charge in [-0.15, -0.1) is 0 Å². The van der Waals surface area contributed by atoms with E-state index < -0.39 is 0 Å². The molecule has 0 spiro atoms. The number of nitrogens with one attached hydrogen (secondary N) is 1. The van der Waals surface area contributed by atoms with Gasteiger partial charge in [0.25, 0.3) is 0 Å². The van der Waals surface area contributed by atoms with Crippen molar-refractivity contribution in [3.05, 3.63) is 11.9 Å². The average molecular weight is 167 g/mol. The molecule has 1 aromatic rings. The number of nitrogens with two attached hydrogens (primary N) is 2. The van der Waals surface area contributed by atoms with E-state index in [0.717, 1.165) is 0 Å². The van der Waals surface area contributed by atoms with Crippen LogP contribution in [0.4, 0.5) is 11.6 Å². The number of hydrogen-bond acceptors (Lipinski definition) is 5. The van der Waals surface area contributed by atoms with E-state index in [-0.39, 0.29) is 5.92 Å². The SMILES string of the molecule is CC(C)c1nc(N)cc(NN)n1. The molecule has 0 atom stereocenters. The van der Waals surface area contributed by atoms with Crippen molar-refractivity contribution >= 4 is 11.6 Å². The van der Waals surface area contributed by atoms with Gasteiger partial charge in [0.2, 0.25) is 0 Å². The molecule has 1 aromatic heterocycles. The molecule has 0 radical (unpaired) electrons. The normalized spacial score (nSPS) is 10.3. The summed E-state index contributed by atoms with van der Waals surface area (Å²) in [5, 5.41) is 0. The van der Waals surface area contributed by atoms with Crippen molar-refractivity contribution in [2.24, 2.45) is 5.84 Å². The Hall–Kier alpha value is -1.36. The Balaban J connectivity index is 3.06. The fraction of sp³-hybridized carbons (Fsp3) is 0.429. The van der Waals surface area contributed by atoms with Crippen LogP contribution in [0.3, 0.4) is 0 Å². The molecule has 1 rings (SSSR count). The first kappa shape index (κ1) is 8.73. The minimum atomic E-state index is 0.251. The number of hydrogen-bond donors (Lipinski definition) is 3. The first-order chi connectivity index (χ1) is 5.63. The quantitative estimate of drug-likeness (QED) is 0.440. The molecule has 0 amide bonds. The van der Waals surface area contributed by atoms with Gasteiger partial charge >= 0.3 is 0 Å². The summed E-state index contributed by atoms with van der Waals surface area (Å²) >= 11 is 0. The van der Waals surface area contributed by atoms with Crippen molar-refractivity contribution in [1.82, 2.24) is 9.97 Å². The number of aromatic nitrogens is 2. The third-order valence-electron chi connectivity index (χ3n) is 1.43. The van der Waals surface area contributed by atoms with Gasteiger partial charge in [-0.2, -0.15) is 0 Å². The van der Waals surface area contributed by atoms with Crippen molar-refractivity contribution in [3.63, 3.8) is 0 Å². The van der Waals surface area contributed by atoms with E-state index in [1.54, 1.807) is 6.07 Å². The van der Waals surface area contributed by atoms with Gasteiger partial charge < -0.3 is 11.2 Å². The highest BCUT2D eigenvalue weighted by Gasteiger charge is 2.04. The minimum absolute atomic E-state index is 0.251. The number of rotatable bonds is 2. The lowest BCUT2D eigenvalue weighted by molar-refractivity contribution is 0.777. The van der Waals surface area contributed by atoms with Crippen LogP contribution >= 0.6 is 0 Å². The summed E-state index contributed by atoms with van der Waals surface area (Å²) in [6, 6.07) is 1.59. The Bertz CT molecular complexity index is 270. The molecule has 0 saturated carbocycles. The zero-order valence-corrected chi connectivity index (χ0v) is 7.20. The second-order valence-corrected chi connectivity index (χ2v) is 2.84. The van der Waals surface area contributed by atoms with Crippen molar-refractivity contribution in [2.75, 3.05) is 11.2 Å². The maximum atomic E-state index is 5.53. The Morgan fingerprint density at radius 2 is 2.08 bits per heavy atom. The average Bonchev–Trinajstić information content (AvgIpc) is 2.03. The van der Waals surface area contributed by atoms with Crippen LogP contribution in [0.2, 0.25) is 0 Å². The third-order valence-corrected chi connectivity index (χ3v) is 1.43. The summed E-state index contributed by atoms with van der Waals surface area (Å²) in [7, 11) is 0. The molecule has 0 bridgehead atoms. The summed E-state index contributed by atoms with van der Waals surface area (Å²) in [5.74, 6) is 7.12. The van der Waals surface area contributed by atoms with Gasteiger partial charge in [-0.3, -0.25) is 0 Å². The lowest BCUT2D eigenvalue weighted by Gasteiger charge is -2.06. The van der Waals surface area contributed by atoms with Crippen molar-refractivity contribution in [3.8, 4) is 0 Å². The lowest BCUT2D eigenvalue weighted by Crippen LogP contribution is -2.12. The predicted molar refractivity (Wildman–Crippen MR) is 48.3 cm³/mol. The molecule has 5 heteroatoms. The highest BCUT2D eigenvalue weighted by molar-refractivity contribution is 5.43. The molecular weight excluding hydrogens is 154 g/mol. The maximum Gasteiger partial charge on any atom is 0.145 e. The molecule has 0 aliphatic heterocycles. The minimum Gasteiger partial charge on any atom is -0.384 e. The Morgan fingerprint density at radius 3 is 2.58 bits per heavy atom. The standard InChI is InChI=1S/C7H13N5/c1-4(2)7-10-5(8)3-6(11-7)12-9/h3-4H,9H2,1-2H3,(H3,8,10,11,12). The number of anilines is 2. The van der Waals surface area contributed by atoms with E-state index in [4.69, 9.17) is 11.6 Å². The maximum absolute atomic E-state index is 5.53. The molecule has 0 unspecified atom stereocenters. The molecule has 0 fully saturated rings. The molecule has 12 heavy (non-hydrogen) atoms. The summed E-state index contributed by atoms with van der Waals surface area (Å²) in [4.78, 5) is 8.18. The van der Waals surface area contributed by atoms with Crippen LogP contribution in [0, 0.1) is 0 Å². The highest BCUT2D eigenvalue weighted by atomic mass is 15.3. The zero-order valence-electron chi connectivity index (χ0n) is 7.20. The van der Waals surface area contributed by atoms with Gasteiger partial charge in [0.1, 0.15) is 17.5 Å². The first-order valence-corrected chi connectivity index (χ1v) is 3.74. The molecule has 0 aliphatic rings. The monoisotopic (exact) mass is 167 g/mol. The Kier molecular flexibility index (Phi) is 2.44. The van der Waals surface area contributed by atoms with Crippen LogP contribution in [-0.4, -0.2) is 9.97 Å². The smallest absolute Gasteiger partial charge is 0.145 e. The van der Waals surface area contributed by atoms with Crippen LogP contribution < -0.4 is 17.0 Å². The lowest BCUT2D eigenvalue weighted by atomic mass is 10.2. The van der Waals surface area contributed by atoms with Crippen LogP contribution in [0.25, 0.3) is 0 Å². The third kappa shape index (κ3) is 1.82. The van der Waals surface area contributed by atoms with E-state index in [0.29, 0.717) is 17.5 Å².